The van der Waals surface area contributed by atoms with Crippen LogP contribution in [0.3, 0.4) is 0 Å². The number of amides is 2. The van der Waals surface area contributed by atoms with Crippen LogP contribution in [0.2, 0.25) is 0 Å². The second kappa shape index (κ2) is 7.00. The SMILES string of the molecule is CCCCC1C(=O)N(C)CCN1C(=O)c1cc(C)c2nc(N)sc2c1. The number of carbonyl (C=O) groups is 2. The Hall–Kier alpha value is -2.15. The van der Waals surface area contributed by atoms with Gasteiger partial charge in [0.2, 0.25) is 5.91 Å². The first-order chi connectivity index (χ1) is 11.9. The molecule has 1 aromatic carbocycles. The van der Waals surface area contributed by atoms with Crippen LogP contribution in [-0.4, -0.2) is 52.8 Å². The molecule has 1 unspecified atom stereocenters. The van der Waals surface area contributed by atoms with Crippen LogP contribution in [0.1, 0.15) is 42.1 Å². The maximum Gasteiger partial charge on any atom is 0.254 e. The Labute approximate surface area is 151 Å². The van der Waals surface area contributed by atoms with E-state index in [1.807, 2.05) is 19.1 Å². The van der Waals surface area contributed by atoms with Gasteiger partial charge in [-0.05, 0) is 31.0 Å². The molecule has 1 aliphatic heterocycles. The number of nitrogen functional groups attached to an aromatic ring is 1. The lowest BCUT2D eigenvalue weighted by Crippen LogP contribution is -2.57. The van der Waals surface area contributed by atoms with E-state index in [4.69, 9.17) is 5.73 Å². The zero-order chi connectivity index (χ0) is 18.1. The Bertz CT molecular complexity index is 817. The van der Waals surface area contributed by atoms with Crippen molar-refractivity contribution in [3.05, 3.63) is 23.3 Å². The first-order valence-corrected chi connectivity index (χ1v) is 9.46. The Balaban J connectivity index is 1.93. The highest BCUT2D eigenvalue weighted by Crippen LogP contribution is 2.29. The maximum absolute atomic E-state index is 13.1. The van der Waals surface area contributed by atoms with E-state index >= 15 is 0 Å². The Morgan fingerprint density at radius 2 is 2.16 bits per heavy atom. The highest BCUT2D eigenvalue weighted by atomic mass is 32.1. The molecule has 1 saturated heterocycles. The number of aryl methyl sites for hydroxylation is 1. The second-order valence-corrected chi connectivity index (χ2v) is 7.67. The third-order valence-corrected chi connectivity index (χ3v) is 5.59. The minimum Gasteiger partial charge on any atom is -0.375 e. The van der Waals surface area contributed by atoms with Gasteiger partial charge in [-0.25, -0.2) is 4.98 Å². The van der Waals surface area contributed by atoms with Crippen LogP contribution in [0, 0.1) is 6.92 Å². The van der Waals surface area contributed by atoms with Gasteiger partial charge in [-0.3, -0.25) is 9.59 Å². The first kappa shape index (κ1) is 17.7. The van der Waals surface area contributed by atoms with Gasteiger partial charge >= 0.3 is 0 Å². The standard InChI is InChI=1S/C18H24N4O2S/c1-4-5-6-13-17(24)21(3)7-8-22(13)16(23)12-9-11(2)15-14(10-12)25-18(19)20-15/h9-10,13H,4-8H2,1-3H3,(H2,19,20). The minimum absolute atomic E-state index is 0.0351. The molecular formula is C18H24N4O2S. The largest absolute Gasteiger partial charge is 0.375 e. The molecule has 0 aliphatic carbocycles. The van der Waals surface area contributed by atoms with E-state index in [9.17, 15) is 9.59 Å². The molecule has 1 aromatic heterocycles. The fraction of sp³-hybridized carbons (Fsp3) is 0.500. The summed E-state index contributed by atoms with van der Waals surface area (Å²) in [5, 5.41) is 0.498. The van der Waals surface area contributed by atoms with Crippen molar-refractivity contribution in [2.75, 3.05) is 25.9 Å². The average Bonchev–Trinajstić information content (AvgIpc) is 2.96. The number of fused-ring (bicyclic) bond motifs is 1. The number of benzene rings is 1. The van der Waals surface area contributed by atoms with Crippen molar-refractivity contribution < 1.29 is 9.59 Å². The van der Waals surface area contributed by atoms with Gasteiger partial charge in [0.25, 0.3) is 5.91 Å². The highest BCUT2D eigenvalue weighted by molar-refractivity contribution is 7.22. The number of anilines is 1. The average molecular weight is 360 g/mol. The van der Waals surface area contributed by atoms with E-state index in [0.717, 1.165) is 28.6 Å². The van der Waals surface area contributed by atoms with Crippen molar-refractivity contribution in [1.82, 2.24) is 14.8 Å². The number of likely N-dealkylation sites (N-methyl/N-ethyl adjacent to an activating group) is 1. The summed E-state index contributed by atoms with van der Waals surface area (Å²) in [6, 6.07) is 3.33. The van der Waals surface area contributed by atoms with Gasteiger partial charge in [0.05, 0.1) is 10.2 Å². The summed E-state index contributed by atoms with van der Waals surface area (Å²) in [5.74, 6) is -0.0487. The number of hydrogen-bond acceptors (Lipinski definition) is 5. The van der Waals surface area contributed by atoms with Crippen LogP contribution in [0.5, 0.6) is 0 Å². The van der Waals surface area contributed by atoms with E-state index in [0.29, 0.717) is 30.2 Å². The summed E-state index contributed by atoms with van der Waals surface area (Å²) in [5.41, 5.74) is 8.18. The van der Waals surface area contributed by atoms with Crippen LogP contribution in [0.15, 0.2) is 12.1 Å². The number of thiazole rings is 1. The van der Waals surface area contributed by atoms with Gasteiger partial charge in [0.1, 0.15) is 6.04 Å². The van der Waals surface area contributed by atoms with E-state index in [2.05, 4.69) is 11.9 Å². The van der Waals surface area contributed by atoms with E-state index in [1.54, 1.807) is 16.8 Å². The molecule has 0 spiro atoms. The van der Waals surface area contributed by atoms with E-state index in [-0.39, 0.29) is 17.9 Å². The quantitative estimate of drug-likeness (QED) is 0.909. The van der Waals surface area contributed by atoms with Crippen molar-refractivity contribution in [2.24, 2.45) is 0 Å². The van der Waals surface area contributed by atoms with Gasteiger partial charge in [-0.15, -0.1) is 0 Å². The lowest BCUT2D eigenvalue weighted by atomic mass is 10.0. The number of carbonyl (C=O) groups excluding carboxylic acids is 2. The molecule has 2 amide bonds. The lowest BCUT2D eigenvalue weighted by Gasteiger charge is -2.39. The second-order valence-electron chi connectivity index (χ2n) is 6.61. The van der Waals surface area contributed by atoms with Crippen LogP contribution in [0.4, 0.5) is 5.13 Å². The molecule has 0 saturated carbocycles. The summed E-state index contributed by atoms with van der Waals surface area (Å²) in [6.45, 7) is 5.16. The number of nitrogens with zero attached hydrogens (tertiary/aromatic N) is 3. The fourth-order valence-electron chi connectivity index (χ4n) is 3.33. The van der Waals surface area contributed by atoms with Crippen LogP contribution in [-0.2, 0) is 4.79 Å². The van der Waals surface area contributed by atoms with Crippen LogP contribution in [0.25, 0.3) is 10.2 Å². The predicted octanol–water partition coefficient (Wildman–Crippen LogP) is 2.66. The zero-order valence-electron chi connectivity index (χ0n) is 14.9. The summed E-state index contributed by atoms with van der Waals surface area (Å²) in [4.78, 5) is 33.5. The zero-order valence-corrected chi connectivity index (χ0v) is 15.7. The maximum atomic E-state index is 13.1. The summed E-state index contributed by atoms with van der Waals surface area (Å²) >= 11 is 1.38. The summed E-state index contributed by atoms with van der Waals surface area (Å²) in [7, 11) is 1.80. The van der Waals surface area contributed by atoms with Gasteiger partial charge in [-0.1, -0.05) is 31.1 Å². The number of nitrogens with two attached hydrogens (primary N) is 1. The highest BCUT2D eigenvalue weighted by Gasteiger charge is 2.35. The monoisotopic (exact) mass is 360 g/mol. The molecule has 2 N–H and O–H groups in total. The molecule has 2 heterocycles. The molecule has 134 valence electrons. The molecule has 2 aromatic rings. The van der Waals surface area contributed by atoms with Crippen LogP contribution < -0.4 is 5.73 Å². The number of rotatable bonds is 4. The van der Waals surface area contributed by atoms with Crippen molar-refractivity contribution in [3.63, 3.8) is 0 Å². The smallest absolute Gasteiger partial charge is 0.254 e. The molecule has 3 rings (SSSR count). The van der Waals surface area contributed by atoms with Crippen LogP contribution >= 0.6 is 11.3 Å². The lowest BCUT2D eigenvalue weighted by molar-refractivity contribution is -0.138. The number of piperazine rings is 1. The number of aromatic nitrogens is 1. The molecule has 1 atom stereocenters. The molecule has 25 heavy (non-hydrogen) atoms. The summed E-state index contributed by atoms with van der Waals surface area (Å²) < 4.78 is 0.909. The van der Waals surface area contributed by atoms with Crippen molar-refractivity contribution in [1.29, 1.82) is 0 Å². The minimum atomic E-state index is -0.367. The molecule has 0 radical (unpaired) electrons. The van der Waals surface area contributed by atoms with E-state index < -0.39 is 0 Å². The van der Waals surface area contributed by atoms with Crippen molar-refractivity contribution >= 4 is 38.5 Å². The van der Waals surface area contributed by atoms with Gasteiger partial charge < -0.3 is 15.5 Å². The van der Waals surface area contributed by atoms with E-state index in [1.165, 1.54) is 11.3 Å². The molecule has 1 aliphatic rings. The summed E-state index contributed by atoms with van der Waals surface area (Å²) in [6.07, 6.45) is 2.64. The third kappa shape index (κ3) is 3.33. The van der Waals surface area contributed by atoms with Crippen molar-refractivity contribution in [3.8, 4) is 0 Å². The number of hydrogen-bond donors (Lipinski definition) is 1. The molecule has 0 bridgehead atoms. The third-order valence-electron chi connectivity index (χ3n) is 4.75. The molecule has 7 heteroatoms. The molecular weight excluding hydrogens is 336 g/mol. The first-order valence-electron chi connectivity index (χ1n) is 8.65. The predicted molar refractivity (Wildman–Crippen MR) is 101 cm³/mol. The van der Waals surface area contributed by atoms with Gasteiger partial charge in [0, 0.05) is 25.7 Å². The number of unbranched alkanes of at least 4 members (excludes halogenated alkanes) is 1. The fourth-order valence-corrected chi connectivity index (χ4v) is 4.19. The molecule has 1 fully saturated rings. The Kier molecular flexibility index (Phi) is 4.94. The van der Waals surface area contributed by atoms with Gasteiger partial charge in [0.15, 0.2) is 5.13 Å². The normalized spacial score (nSPS) is 18.2. The molecule has 6 nitrogen and oxygen atoms in total. The Morgan fingerprint density at radius 1 is 1.40 bits per heavy atom. The van der Waals surface area contributed by atoms with Gasteiger partial charge in [-0.2, -0.15) is 0 Å². The van der Waals surface area contributed by atoms with Crippen molar-refractivity contribution in [2.45, 2.75) is 39.2 Å². The topological polar surface area (TPSA) is 79.5 Å². The Morgan fingerprint density at radius 3 is 2.88 bits per heavy atom.